The topological polar surface area (TPSA) is 26.0 Å². The van der Waals surface area contributed by atoms with E-state index in [1.807, 2.05) is 30.4 Å². The molecule has 19 heavy (non-hydrogen) atoms. The second-order valence-electron chi connectivity index (χ2n) is 4.52. The van der Waals surface area contributed by atoms with Gasteiger partial charge in [0.05, 0.1) is 0 Å². The third-order valence-electron chi connectivity index (χ3n) is 3.24. The lowest BCUT2D eigenvalue weighted by molar-refractivity contribution is 1.16. The van der Waals surface area contributed by atoms with Crippen LogP contribution in [0.4, 0.5) is 5.69 Å². The molecule has 0 atom stereocenters. The van der Waals surface area contributed by atoms with E-state index in [-0.39, 0.29) is 0 Å². The molecule has 0 saturated carbocycles. The zero-order valence-corrected chi connectivity index (χ0v) is 11.1. The standard InChI is InChI=1S/C18H19N/c1-3-8-14-10-7-12-16(15(14)9-4-2)17-11-5-6-13-18(17)19/h3-7,10-13H,1-2,8-9,19H2. The van der Waals surface area contributed by atoms with Crippen LogP contribution in [0.5, 0.6) is 0 Å². The van der Waals surface area contributed by atoms with Gasteiger partial charge in [-0.1, -0.05) is 48.6 Å². The SMILES string of the molecule is C=CCc1cccc(-c2ccccc2N)c1CC=C. The summed E-state index contributed by atoms with van der Waals surface area (Å²) in [6, 6.07) is 14.3. The molecule has 0 aliphatic rings. The average molecular weight is 249 g/mol. The molecule has 2 aromatic carbocycles. The zero-order chi connectivity index (χ0) is 13.7. The summed E-state index contributed by atoms with van der Waals surface area (Å²) in [5.74, 6) is 0. The van der Waals surface area contributed by atoms with Crippen LogP contribution in [0.2, 0.25) is 0 Å². The van der Waals surface area contributed by atoms with Crippen LogP contribution in [-0.4, -0.2) is 0 Å². The lowest BCUT2D eigenvalue weighted by Gasteiger charge is -2.14. The monoisotopic (exact) mass is 249 g/mol. The lowest BCUT2D eigenvalue weighted by atomic mass is 9.91. The Morgan fingerprint density at radius 3 is 2.21 bits per heavy atom. The summed E-state index contributed by atoms with van der Waals surface area (Å²) in [6.45, 7) is 7.68. The highest BCUT2D eigenvalue weighted by atomic mass is 14.6. The molecule has 0 heterocycles. The molecule has 0 amide bonds. The van der Waals surface area contributed by atoms with E-state index in [1.165, 1.54) is 16.7 Å². The molecule has 2 aromatic rings. The number of hydrogen-bond donors (Lipinski definition) is 1. The van der Waals surface area contributed by atoms with Crippen LogP contribution in [0, 0.1) is 0 Å². The summed E-state index contributed by atoms with van der Waals surface area (Å²) in [5.41, 5.74) is 11.8. The van der Waals surface area contributed by atoms with Gasteiger partial charge in [0.2, 0.25) is 0 Å². The van der Waals surface area contributed by atoms with Crippen molar-refractivity contribution in [3.8, 4) is 11.1 Å². The maximum Gasteiger partial charge on any atom is 0.0393 e. The quantitative estimate of drug-likeness (QED) is 0.617. The van der Waals surface area contributed by atoms with E-state index in [4.69, 9.17) is 5.73 Å². The Bertz CT molecular complexity index is 596. The van der Waals surface area contributed by atoms with Gasteiger partial charge in [0, 0.05) is 11.3 Å². The Kier molecular flexibility index (Phi) is 4.19. The minimum Gasteiger partial charge on any atom is -0.398 e. The fourth-order valence-corrected chi connectivity index (χ4v) is 2.36. The van der Waals surface area contributed by atoms with E-state index in [0.29, 0.717) is 0 Å². The van der Waals surface area contributed by atoms with Gasteiger partial charge in [0.15, 0.2) is 0 Å². The van der Waals surface area contributed by atoms with Gasteiger partial charge in [0.25, 0.3) is 0 Å². The highest BCUT2D eigenvalue weighted by Gasteiger charge is 2.10. The van der Waals surface area contributed by atoms with Crippen molar-refractivity contribution in [2.24, 2.45) is 0 Å². The molecule has 0 spiro atoms. The Morgan fingerprint density at radius 2 is 1.53 bits per heavy atom. The fraction of sp³-hybridized carbons (Fsp3) is 0.111. The van der Waals surface area contributed by atoms with Crippen molar-refractivity contribution in [3.63, 3.8) is 0 Å². The smallest absolute Gasteiger partial charge is 0.0393 e. The fourth-order valence-electron chi connectivity index (χ4n) is 2.36. The van der Waals surface area contributed by atoms with Crippen LogP contribution < -0.4 is 5.73 Å². The second-order valence-corrected chi connectivity index (χ2v) is 4.52. The van der Waals surface area contributed by atoms with Gasteiger partial charge in [-0.05, 0) is 35.6 Å². The van der Waals surface area contributed by atoms with E-state index in [9.17, 15) is 0 Å². The molecule has 96 valence electrons. The molecule has 1 heteroatoms. The number of anilines is 1. The van der Waals surface area contributed by atoms with Gasteiger partial charge >= 0.3 is 0 Å². The largest absolute Gasteiger partial charge is 0.398 e. The predicted octanol–water partition coefficient (Wildman–Crippen LogP) is 4.39. The molecule has 1 nitrogen and oxygen atoms in total. The van der Waals surface area contributed by atoms with Crippen LogP contribution in [0.1, 0.15) is 11.1 Å². The molecule has 2 N–H and O–H groups in total. The molecule has 0 saturated heterocycles. The lowest BCUT2D eigenvalue weighted by Crippen LogP contribution is -1.98. The van der Waals surface area contributed by atoms with Crippen molar-refractivity contribution in [1.82, 2.24) is 0 Å². The second kappa shape index (κ2) is 6.05. The molecule has 0 radical (unpaired) electrons. The maximum absolute atomic E-state index is 6.10. The zero-order valence-electron chi connectivity index (χ0n) is 11.1. The molecular formula is C18H19N. The molecule has 0 fully saturated rings. The van der Waals surface area contributed by atoms with Gasteiger partial charge < -0.3 is 5.73 Å². The highest BCUT2D eigenvalue weighted by molar-refractivity contribution is 5.79. The van der Waals surface area contributed by atoms with Crippen molar-refractivity contribution < 1.29 is 0 Å². The van der Waals surface area contributed by atoms with E-state index in [0.717, 1.165) is 24.1 Å². The van der Waals surface area contributed by atoms with Crippen LogP contribution in [0.15, 0.2) is 67.8 Å². The number of benzene rings is 2. The van der Waals surface area contributed by atoms with Crippen molar-refractivity contribution in [2.45, 2.75) is 12.8 Å². The van der Waals surface area contributed by atoms with Gasteiger partial charge in [-0.25, -0.2) is 0 Å². The molecule has 0 aliphatic heterocycles. The molecule has 2 rings (SSSR count). The minimum atomic E-state index is 0.809. The summed E-state index contributed by atoms with van der Waals surface area (Å²) in [5, 5.41) is 0. The first-order valence-electron chi connectivity index (χ1n) is 6.45. The first-order chi connectivity index (χ1) is 9.27. The number of hydrogen-bond acceptors (Lipinski definition) is 1. The average Bonchev–Trinajstić information content (AvgIpc) is 2.42. The molecular weight excluding hydrogens is 230 g/mol. The Hall–Kier alpha value is -2.28. The summed E-state index contributed by atoms with van der Waals surface area (Å²) in [7, 11) is 0. The third-order valence-corrected chi connectivity index (χ3v) is 3.24. The number of allylic oxidation sites excluding steroid dienone is 2. The van der Waals surface area contributed by atoms with Crippen LogP contribution in [-0.2, 0) is 12.8 Å². The van der Waals surface area contributed by atoms with Crippen molar-refractivity contribution in [3.05, 3.63) is 78.9 Å². The first kappa shape index (κ1) is 13.2. The van der Waals surface area contributed by atoms with E-state index in [1.54, 1.807) is 0 Å². The molecule has 0 aromatic heterocycles. The van der Waals surface area contributed by atoms with Gasteiger partial charge in [-0.3, -0.25) is 0 Å². The third kappa shape index (κ3) is 2.76. The van der Waals surface area contributed by atoms with Crippen molar-refractivity contribution in [2.75, 3.05) is 5.73 Å². The van der Waals surface area contributed by atoms with E-state index >= 15 is 0 Å². The van der Waals surface area contributed by atoms with Crippen LogP contribution in [0.25, 0.3) is 11.1 Å². The van der Waals surface area contributed by atoms with Gasteiger partial charge in [-0.2, -0.15) is 0 Å². The highest BCUT2D eigenvalue weighted by Crippen LogP contribution is 2.31. The maximum atomic E-state index is 6.10. The van der Waals surface area contributed by atoms with E-state index in [2.05, 4.69) is 37.4 Å². The first-order valence-corrected chi connectivity index (χ1v) is 6.45. The van der Waals surface area contributed by atoms with Crippen molar-refractivity contribution >= 4 is 5.69 Å². The molecule has 0 aliphatic carbocycles. The summed E-state index contributed by atoms with van der Waals surface area (Å²) in [4.78, 5) is 0. The Morgan fingerprint density at radius 1 is 0.842 bits per heavy atom. The van der Waals surface area contributed by atoms with Gasteiger partial charge in [-0.15, -0.1) is 13.2 Å². The normalized spacial score (nSPS) is 10.1. The minimum absolute atomic E-state index is 0.809. The van der Waals surface area contributed by atoms with E-state index < -0.39 is 0 Å². The Labute approximate surface area is 115 Å². The summed E-state index contributed by atoms with van der Waals surface area (Å²) in [6.07, 6.45) is 5.57. The summed E-state index contributed by atoms with van der Waals surface area (Å²) < 4.78 is 0. The summed E-state index contributed by atoms with van der Waals surface area (Å²) >= 11 is 0. The van der Waals surface area contributed by atoms with Crippen molar-refractivity contribution in [1.29, 1.82) is 0 Å². The van der Waals surface area contributed by atoms with Crippen LogP contribution in [0.3, 0.4) is 0 Å². The number of rotatable bonds is 5. The predicted molar refractivity (Wildman–Crippen MR) is 84.1 cm³/mol. The molecule has 0 bridgehead atoms. The number of nitrogen functional groups attached to an aromatic ring is 1. The van der Waals surface area contributed by atoms with Gasteiger partial charge in [0.1, 0.15) is 0 Å². The number of para-hydroxylation sites is 1. The van der Waals surface area contributed by atoms with Crippen LogP contribution >= 0.6 is 0 Å². The Balaban J connectivity index is 2.62. The molecule has 0 unspecified atom stereocenters. The number of nitrogens with two attached hydrogens (primary N) is 1.